The van der Waals surface area contributed by atoms with E-state index in [0.29, 0.717) is 26.1 Å². The van der Waals surface area contributed by atoms with Crippen LogP contribution in [0.1, 0.15) is 30.2 Å². The van der Waals surface area contributed by atoms with Crippen molar-refractivity contribution < 1.29 is 14.3 Å². The third-order valence-corrected chi connectivity index (χ3v) is 2.48. The monoisotopic (exact) mass is 225 g/mol. The van der Waals surface area contributed by atoms with Crippen molar-refractivity contribution in [3.63, 3.8) is 0 Å². The highest BCUT2D eigenvalue weighted by atomic mass is 16.5. The molecule has 0 spiro atoms. The summed E-state index contributed by atoms with van der Waals surface area (Å²) in [5.74, 6) is -0.147. The first kappa shape index (κ1) is 12.8. The number of H-pyrrole nitrogens is 1. The maximum absolute atomic E-state index is 11.3. The van der Waals surface area contributed by atoms with Crippen molar-refractivity contribution in [3.8, 4) is 0 Å². The van der Waals surface area contributed by atoms with Gasteiger partial charge in [-0.3, -0.25) is 4.79 Å². The van der Waals surface area contributed by atoms with Gasteiger partial charge in [0.2, 0.25) is 0 Å². The zero-order valence-electron chi connectivity index (χ0n) is 10.1. The van der Waals surface area contributed by atoms with Crippen LogP contribution in [0.15, 0.2) is 6.20 Å². The van der Waals surface area contributed by atoms with E-state index in [9.17, 15) is 4.79 Å². The van der Waals surface area contributed by atoms with Gasteiger partial charge in [-0.15, -0.1) is 0 Å². The molecule has 0 saturated heterocycles. The highest BCUT2D eigenvalue weighted by Gasteiger charge is 2.10. The third-order valence-electron chi connectivity index (χ3n) is 2.48. The zero-order valence-corrected chi connectivity index (χ0v) is 10.1. The fourth-order valence-electron chi connectivity index (χ4n) is 1.69. The third kappa shape index (κ3) is 3.38. The fourth-order valence-corrected chi connectivity index (χ4v) is 1.69. The standard InChI is InChI=1S/C12H19NO3/c1-4-16-12(14)6-5-10-9(2)7-13-11(10)8-15-3/h7,13H,4-6,8H2,1-3H3. The second kappa shape index (κ2) is 6.33. The highest BCUT2D eigenvalue weighted by molar-refractivity contribution is 5.69. The lowest BCUT2D eigenvalue weighted by atomic mass is 10.1. The Labute approximate surface area is 95.9 Å². The number of carbonyl (C=O) groups excluding carboxylic acids is 1. The Morgan fingerprint density at radius 1 is 1.50 bits per heavy atom. The Bertz CT molecular complexity index is 344. The number of methoxy groups -OCH3 is 1. The predicted octanol–water partition coefficient (Wildman–Crippen LogP) is 1.97. The second-order valence-electron chi connectivity index (χ2n) is 3.67. The molecule has 0 amide bonds. The summed E-state index contributed by atoms with van der Waals surface area (Å²) in [6.45, 7) is 4.83. The number of rotatable bonds is 6. The molecule has 1 rings (SSSR count). The van der Waals surface area contributed by atoms with Crippen molar-refractivity contribution in [1.29, 1.82) is 0 Å². The molecule has 0 radical (unpaired) electrons. The Morgan fingerprint density at radius 2 is 2.25 bits per heavy atom. The quantitative estimate of drug-likeness (QED) is 0.753. The van der Waals surface area contributed by atoms with Gasteiger partial charge < -0.3 is 14.5 Å². The maximum atomic E-state index is 11.3. The number of ether oxygens (including phenoxy) is 2. The summed E-state index contributed by atoms with van der Waals surface area (Å²) in [7, 11) is 1.66. The molecular formula is C12H19NO3. The van der Waals surface area contributed by atoms with Gasteiger partial charge in [-0.1, -0.05) is 0 Å². The van der Waals surface area contributed by atoms with Crippen LogP contribution in [0.2, 0.25) is 0 Å². The van der Waals surface area contributed by atoms with E-state index in [1.54, 1.807) is 7.11 Å². The van der Waals surface area contributed by atoms with E-state index in [0.717, 1.165) is 16.8 Å². The molecule has 4 heteroatoms. The van der Waals surface area contributed by atoms with Crippen LogP contribution in [0.5, 0.6) is 0 Å². The van der Waals surface area contributed by atoms with Crippen molar-refractivity contribution >= 4 is 5.97 Å². The van der Waals surface area contributed by atoms with Crippen LogP contribution in [0.25, 0.3) is 0 Å². The maximum Gasteiger partial charge on any atom is 0.306 e. The summed E-state index contributed by atoms with van der Waals surface area (Å²) in [5.41, 5.74) is 3.37. The van der Waals surface area contributed by atoms with E-state index >= 15 is 0 Å². The van der Waals surface area contributed by atoms with Gasteiger partial charge in [-0.2, -0.15) is 0 Å². The molecule has 0 fully saturated rings. The summed E-state index contributed by atoms with van der Waals surface area (Å²) in [6.07, 6.45) is 3.06. The molecule has 0 aromatic carbocycles. The highest BCUT2D eigenvalue weighted by Crippen LogP contribution is 2.16. The number of aromatic nitrogens is 1. The van der Waals surface area contributed by atoms with Crippen LogP contribution in [0.3, 0.4) is 0 Å². The molecule has 1 heterocycles. The molecule has 0 aliphatic rings. The molecule has 4 nitrogen and oxygen atoms in total. The van der Waals surface area contributed by atoms with Crippen LogP contribution < -0.4 is 0 Å². The minimum absolute atomic E-state index is 0.147. The SMILES string of the molecule is CCOC(=O)CCc1c(C)c[nH]c1COC. The van der Waals surface area contributed by atoms with Crippen LogP contribution >= 0.6 is 0 Å². The molecule has 90 valence electrons. The number of esters is 1. The minimum Gasteiger partial charge on any atom is -0.466 e. The topological polar surface area (TPSA) is 51.3 Å². The van der Waals surface area contributed by atoms with Crippen molar-refractivity contribution in [2.45, 2.75) is 33.3 Å². The predicted molar refractivity (Wildman–Crippen MR) is 61.2 cm³/mol. The first-order valence-electron chi connectivity index (χ1n) is 5.49. The molecule has 1 aromatic rings. The fraction of sp³-hybridized carbons (Fsp3) is 0.583. The number of aryl methyl sites for hydroxylation is 1. The Morgan fingerprint density at radius 3 is 2.88 bits per heavy atom. The van der Waals surface area contributed by atoms with E-state index < -0.39 is 0 Å². The Balaban J connectivity index is 2.58. The first-order valence-corrected chi connectivity index (χ1v) is 5.49. The lowest BCUT2D eigenvalue weighted by molar-refractivity contribution is -0.143. The zero-order chi connectivity index (χ0) is 12.0. The van der Waals surface area contributed by atoms with E-state index in [1.165, 1.54) is 0 Å². The van der Waals surface area contributed by atoms with Crippen molar-refractivity contribution in [3.05, 3.63) is 23.0 Å². The molecular weight excluding hydrogens is 206 g/mol. The molecule has 0 bridgehead atoms. The number of hydrogen-bond donors (Lipinski definition) is 1. The molecule has 1 aromatic heterocycles. The van der Waals surface area contributed by atoms with Gasteiger partial charge in [-0.25, -0.2) is 0 Å². The molecule has 16 heavy (non-hydrogen) atoms. The Hall–Kier alpha value is -1.29. The normalized spacial score (nSPS) is 10.4. The molecule has 0 aliphatic heterocycles. The largest absolute Gasteiger partial charge is 0.466 e. The summed E-state index contributed by atoms with van der Waals surface area (Å²) in [6, 6.07) is 0. The molecule has 0 atom stereocenters. The average molecular weight is 225 g/mol. The van der Waals surface area contributed by atoms with Gasteiger partial charge in [0, 0.05) is 25.4 Å². The molecule has 0 saturated carbocycles. The average Bonchev–Trinajstić information content (AvgIpc) is 2.58. The minimum atomic E-state index is -0.147. The summed E-state index contributed by atoms with van der Waals surface area (Å²) in [5, 5.41) is 0. The molecule has 0 aliphatic carbocycles. The lowest BCUT2D eigenvalue weighted by Crippen LogP contribution is -2.06. The van der Waals surface area contributed by atoms with Crippen LogP contribution in [0, 0.1) is 6.92 Å². The second-order valence-corrected chi connectivity index (χ2v) is 3.67. The van der Waals surface area contributed by atoms with E-state index in [1.807, 2.05) is 20.0 Å². The van der Waals surface area contributed by atoms with Crippen molar-refractivity contribution in [2.24, 2.45) is 0 Å². The van der Waals surface area contributed by atoms with Gasteiger partial charge in [0.1, 0.15) is 0 Å². The van der Waals surface area contributed by atoms with E-state index in [2.05, 4.69) is 4.98 Å². The smallest absolute Gasteiger partial charge is 0.306 e. The number of nitrogens with one attached hydrogen (secondary N) is 1. The summed E-state index contributed by atoms with van der Waals surface area (Å²) >= 11 is 0. The van der Waals surface area contributed by atoms with Crippen LogP contribution in [-0.2, 0) is 27.3 Å². The van der Waals surface area contributed by atoms with Crippen LogP contribution in [-0.4, -0.2) is 24.7 Å². The van der Waals surface area contributed by atoms with Crippen LogP contribution in [0.4, 0.5) is 0 Å². The number of aromatic amines is 1. The van der Waals surface area contributed by atoms with Gasteiger partial charge >= 0.3 is 5.97 Å². The summed E-state index contributed by atoms with van der Waals surface area (Å²) in [4.78, 5) is 14.4. The molecule has 0 unspecified atom stereocenters. The Kier molecular flexibility index (Phi) is 5.05. The van der Waals surface area contributed by atoms with Gasteiger partial charge in [0.05, 0.1) is 13.2 Å². The van der Waals surface area contributed by atoms with Gasteiger partial charge in [-0.05, 0) is 31.4 Å². The van der Waals surface area contributed by atoms with E-state index in [-0.39, 0.29) is 5.97 Å². The lowest BCUT2D eigenvalue weighted by Gasteiger charge is -2.05. The number of carbonyl (C=O) groups is 1. The summed E-state index contributed by atoms with van der Waals surface area (Å²) < 4.78 is 9.99. The van der Waals surface area contributed by atoms with Gasteiger partial charge in [0.15, 0.2) is 0 Å². The van der Waals surface area contributed by atoms with Crippen molar-refractivity contribution in [2.75, 3.05) is 13.7 Å². The van der Waals surface area contributed by atoms with E-state index in [4.69, 9.17) is 9.47 Å². The first-order chi connectivity index (χ1) is 7.69. The van der Waals surface area contributed by atoms with Gasteiger partial charge in [0.25, 0.3) is 0 Å². The molecule has 1 N–H and O–H groups in total. The van der Waals surface area contributed by atoms with Crippen molar-refractivity contribution in [1.82, 2.24) is 4.98 Å². The number of hydrogen-bond acceptors (Lipinski definition) is 3.